The summed E-state index contributed by atoms with van der Waals surface area (Å²) in [6, 6.07) is 9.41. The summed E-state index contributed by atoms with van der Waals surface area (Å²) in [6.07, 6.45) is -5.63. The maximum Gasteiger partial charge on any atom is 0.416 e. The zero-order chi connectivity index (χ0) is 18.6. The number of nitrogens with zero attached hydrogens (tertiary/aromatic N) is 1. The zero-order valence-electron chi connectivity index (χ0n) is 12.9. The quantitative estimate of drug-likeness (QED) is 0.649. The normalized spacial score (nSPS) is 12.3. The molecule has 2 aromatic rings. The first-order valence-electron chi connectivity index (χ1n) is 7.06. The summed E-state index contributed by atoms with van der Waals surface area (Å²) in [4.78, 5) is 22.1. The minimum Gasteiger partial charge on any atom is -0.481 e. The van der Waals surface area contributed by atoms with Gasteiger partial charge in [-0.25, -0.2) is 0 Å². The van der Waals surface area contributed by atoms with Crippen LogP contribution in [-0.4, -0.2) is 16.9 Å². The summed E-state index contributed by atoms with van der Waals surface area (Å²) in [5.41, 5.74) is -0.917. The highest BCUT2D eigenvalue weighted by molar-refractivity contribution is 5.94. The van der Waals surface area contributed by atoms with Gasteiger partial charge >= 0.3 is 6.18 Å². The molecule has 0 saturated carbocycles. The van der Waals surface area contributed by atoms with Crippen LogP contribution in [0.3, 0.4) is 0 Å². The molecular weight excluding hydrogens is 341 g/mol. The summed E-state index contributed by atoms with van der Waals surface area (Å²) in [7, 11) is 0. The van der Waals surface area contributed by atoms with E-state index in [-0.39, 0.29) is 17.1 Å². The lowest BCUT2D eigenvalue weighted by Gasteiger charge is -2.16. The number of ether oxygens (including phenoxy) is 1. The number of halogens is 3. The van der Waals surface area contributed by atoms with Crippen molar-refractivity contribution in [2.45, 2.75) is 19.2 Å². The molecule has 0 heterocycles. The Bertz CT molecular complexity index is 793. The second-order valence-electron chi connectivity index (χ2n) is 5.08. The van der Waals surface area contributed by atoms with Gasteiger partial charge in [-0.3, -0.25) is 14.9 Å². The SMILES string of the molecule is C[C@H](Oc1cccc(C(F)(F)F)c1)C(=O)Nc1cccc([N+](=O)[O-])c1. The van der Waals surface area contributed by atoms with Crippen molar-refractivity contribution in [3.63, 3.8) is 0 Å². The van der Waals surface area contributed by atoms with Crippen molar-refractivity contribution in [3.8, 4) is 5.75 Å². The highest BCUT2D eigenvalue weighted by Gasteiger charge is 2.30. The Balaban J connectivity index is 2.06. The van der Waals surface area contributed by atoms with E-state index in [0.29, 0.717) is 0 Å². The second kappa shape index (κ2) is 7.20. The van der Waals surface area contributed by atoms with Crippen molar-refractivity contribution in [3.05, 3.63) is 64.2 Å². The fraction of sp³-hybridized carbons (Fsp3) is 0.188. The minimum atomic E-state index is -4.52. The summed E-state index contributed by atoms with van der Waals surface area (Å²) in [5.74, 6) is -0.769. The van der Waals surface area contributed by atoms with Crippen molar-refractivity contribution in [1.29, 1.82) is 0 Å². The smallest absolute Gasteiger partial charge is 0.416 e. The van der Waals surface area contributed by atoms with Gasteiger partial charge in [-0.15, -0.1) is 0 Å². The maximum absolute atomic E-state index is 12.7. The average Bonchev–Trinajstić information content (AvgIpc) is 2.54. The van der Waals surface area contributed by atoms with Gasteiger partial charge in [-0.05, 0) is 31.2 Å². The van der Waals surface area contributed by atoms with Gasteiger partial charge in [0.25, 0.3) is 11.6 Å². The number of hydrogen-bond acceptors (Lipinski definition) is 4. The van der Waals surface area contributed by atoms with Gasteiger partial charge in [-0.1, -0.05) is 12.1 Å². The number of nitro groups is 1. The Kier molecular flexibility index (Phi) is 5.26. The lowest BCUT2D eigenvalue weighted by Crippen LogP contribution is -2.30. The first kappa shape index (κ1) is 18.2. The molecular formula is C16H13F3N2O4. The van der Waals surface area contributed by atoms with Gasteiger partial charge in [-0.2, -0.15) is 13.2 Å². The Morgan fingerprint density at radius 1 is 1.20 bits per heavy atom. The van der Waals surface area contributed by atoms with Gasteiger partial charge < -0.3 is 10.1 Å². The molecule has 0 bridgehead atoms. The number of alkyl halides is 3. The van der Waals surface area contributed by atoms with E-state index >= 15 is 0 Å². The number of nitrogens with one attached hydrogen (secondary N) is 1. The Labute approximate surface area is 140 Å². The first-order chi connectivity index (χ1) is 11.7. The molecule has 0 aliphatic carbocycles. The van der Waals surface area contributed by atoms with Crippen LogP contribution in [0.2, 0.25) is 0 Å². The number of non-ortho nitro benzene ring substituents is 1. The fourth-order valence-electron chi connectivity index (χ4n) is 1.94. The van der Waals surface area contributed by atoms with E-state index in [9.17, 15) is 28.1 Å². The highest BCUT2D eigenvalue weighted by Crippen LogP contribution is 2.31. The predicted molar refractivity (Wildman–Crippen MR) is 83.3 cm³/mol. The first-order valence-corrected chi connectivity index (χ1v) is 7.06. The topological polar surface area (TPSA) is 81.5 Å². The third kappa shape index (κ3) is 4.93. The van der Waals surface area contributed by atoms with Crippen LogP contribution in [0.25, 0.3) is 0 Å². The summed E-state index contributed by atoms with van der Waals surface area (Å²) in [5, 5.41) is 13.1. The van der Waals surface area contributed by atoms with Crippen LogP contribution in [0.1, 0.15) is 12.5 Å². The van der Waals surface area contributed by atoms with Gasteiger partial charge in [0.2, 0.25) is 0 Å². The molecule has 6 nitrogen and oxygen atoms in total. The highest BCUT2D eigenvalue weighted by atomic mass is 19.4. The molecule has 0 fully saturated rings. The van der Waals surface area contributed by atoms with Crippen molar-refractivity contribution in [1.82, 2.24) is 0 Å². The molecule has 1 amide bonds. The monoisotopic (exact) mass is 354 g/mol. The maximum atomic E-state index is 12.7. The van der Waals surface area contributed by atoms with Crippen LogP contribution < -0.4 is 10.1 Å². The number of nitro benzene ring substituents is 1. The number of benzene rings is 2. The van der Waals surface area contributed by atoms with Gasteiger partial charge in [0, 0.05) is 17.8 Å². The van der Waals surface area contributed by atoms with E-state index in [1.165, 1.54) is 37.3 Å². The molecule has 0 unspecified atom stereocenters. The predicted octanol–water partition coefficient (Wildman–Crippen LogP) is 4.02. The molecule has 0 aromatic heterocycles. The Hall–Kier alpha value is -3.10. The van der Waals surface area contributed by atoms with E-state index in [1.54, 1.807) is 0 Å². The molecule has 25 heavy (non-hydrogen) atoms. The van der Waals surface area contributed by atoms with E-state index in [1.807, 2.05) is 0 Å². The molecule has 2 aromatic carbocycles. The molecule has 0 spiro atoms. The van der Waals surface area contributed by atoms with Gasteiger partial charge in [0.15, 0.2) is 6.10 Å². The lowest BCUT2D eigenvalue weighted by atomic mass is 10.2. The van der Waals surface area contributed by atoms with E-state index < -0.39 is 28.7 Å². The van der Waals surface area contributed by atoms with E-state index in [2.05, 4.69) is 5.32 Å². The van der Waals surface area contributed by atoms with Crippen molar-refractivity contribution in [2.75, 3.05) is 5.32 Å². The van der Waals surface area contributed by atoms with Crippen LogP contribution in [0.4, 0.5) is 24.5 Å². The number of hydrogen-bond donors (Lipinski definition) is 1. The molecule has 0 aliphatic rings. The molecule has 1 atom stereocenters. The van der Waals surface area contributed by atoms with E-state index in [0.717, 1.165) is 18.2 Å². The molecule has 9 heteroatoms. The van der Waals surface area contributed by atoms with Crippen LogP contribution in [0.15, 0.2) is 48.5 Å². The van der Waals surface area contributed by atoms with Crippen LogP contribution in [0, 0.1) is 10.1 Å². The fourth-order valence-corrected chi connectivity index (χ4v) is 1.94. The number of carbonyl (C=O) groups is 1. The summed E-state index contributed by atoms with van der Waals surface area (Å²) < 4.78 is 43.2. The largest absolute Gasteiger partial charge is 0.481 e. The minimum absolute atomic E-state index is 0.114. The standard InChI is InChI=1S/C16H13F3N2O4/c1-10(25-14-7-2-4-11(8-14)16(17,18)19)15(22)20-12-5-3-6-13(9-12)21(23)24/h2-10H,1H3,(H,20,22)/t10-/m0/s1. The number of anilines is 1. The molecule has 2 rings (SSSR count). The van der Waals surface area contributed by atoms with Crippen molar-refractivity contribution < 1.29 is 27.6 Å². The van der Waals surface area contributed by atoms with Crippen LogP contribution >= 0.6 is 0 Å². The summed E-state index contributed by atoms with van der Waals surface area (Å²) >= 11 is 0. The molecule has 132 valence electrons. The number of carbonyl (C=O) groups excluding carboxylic acids is 1. The average molecular weight is 354 g/mol. The van der Waals surface area contributed by atoms with Crippen LogP contribution in [0.5, 0.6) is 5.75 Å². The van der Waals surface area contributed by atoms with Gasteiger partial charge in [0.1, 0.15) is 5.75 Å². The third-order valence-corrected chi connectivity index (χ3v) is 3.17. The van der Waals surface area contributed by atoms with Crippen molar-refractivity contribution >= 4 is 17.3 Å². The zero-order valence-corrected chi connectivity index (χ0v) is 12.9. The van der Waals surface area contributed by atoms with E-state index in [4.69, 9.17) is 4.74 Å². The van der Waals surface area contributed by atoms with Crippen molar-refractivity contribution in [2.24, 2.45) is 0 Å². The molecule has 0 aliphatic heterocycles. The van der Waals surface area contributed by atoms with Gasteiger partial charge in [0.05, 0.1) is 10.5 Å². The Morgan fingerprint density at radius 3 is 2.52 bits per heavy atom. The number of amides is 1. The Morgan fingerprint density at radius 2 is 1.88 bits per heavy atom. The van der Waals surface area contributed by atoms with Crippen LogP contribution in [-0.2, 0) is 11.0 Å². The third-order valence-electron chi connectivity index (χ3n) is 3.17. The molecule has 0 radical (unpaired) electrons. The number of rotatable bonds is 5. The molecule has 1 N–H and O–H groups in total. The lowest BCUT2D eigenvalue weighted by molar-refractivity contribution is -0.384. The summed E-state index contributed by atoms with van der Waals surface area (Å²) in [6.45, 7) is 1.35. The molecule has 0 saturated heterocycles. The second-order valence-corrected chi connectivity index (χ2v) is 5.08.